The SMILES string of the molecule is Brc1cccc(-c2cccc(-c3cccc4c3C=Cc3ccccc3S4)c2)c1. The Hall–Kier alpha value is -2.55. The summed E-state index contributed by atoms with van der Waals surface area (Å²) in [6.45, 7) is 0. The lowest BCUT2D eigenvalue weighted by atomic mass is 9.95. The van der Waals surface area contributed by atoms with E-state index in [0.29, 0.717) is 0 Å². The smallest absolute Gasteiger partial charge is 0.0201 e. The Morgan fingerprint density at radius 3 is 2.18 bits per heavy atom. The van der Waals surface area contributed by atoms with Gasteiger partial charge in [0, 0.05) is 14.3 Å². The van der Waals surface area contributed by atoms with Crippen LogP contribution in [0.5, 0.6) is 0 Å². The standard InChI is InChI=1S/C26H17BrS/c27-22-10-4-8-20(17-22)19-7-3-9-21(16-19)23-11-5-13-26-24(23)15-14-18-6-1-2-12-25(18)28-26/h1-17H. The summed E-state index contributed by atoms with van der Waals surface area (Å²) in [4.78, 5) is 2.60. The maximum atomic E-state index is 3.58. The molecule has 0 radical (unpaired) electrons. The molecule has 4 aromatic rings. The molecule has 28 heavy (non-hydrogen) atoms. The van der Waals surface area contributed by atoms with Crippen LogP contribution in [0.4, 0.5) is 0 Å². The first kappa shape index (κ1) is 17.5. The molecule has 0 aromatic heterocycles. The van der Waals surface area contributed by atoms with Crippen molar-refractivity contribution in [1.82, 2.24) is 0 Å². The van der Waals surface area contributed by atoms with Crippen molar-refractivity contribution in [3.8, 4) is 22.3 Å². The predicted molar refractivity (Wildman–Crippen MR) is 125 cm³/mol. The Bertz CT molecular complexity index is 1210. The maximum absolute atomic E-state index is 3.58. The summed E-state index contributed by atoms with van der Waals surface area (Å²) in [6, 6.07) is 32.4. The van der Waals surface area contributed by atoms with E-state index in [4.69, 9.17) is 0 Å². The maximum Gasteiger partial charge on any atom is 0.0201 e. The Kier molecular flexibility index (Phi) is 4.67. The second-order valence-electron chi connectivity index (χ2n) is 6.78. The molecule has 0 bridgehead atoms. The van der Waals surface area contributed by atoms with Crippen molar-refractivity contribution < 1.29 is 0 Å². The van der Waals surface area contributed by atoms with Gasteiger partial charge < -0.3 is 0 Å². The van der Waals surface area contributed by atoms with Gasteiger partial charge in [0.05, 0.1) is 0 Å². The average molecular weight is 441 g/mol. The molecule has 2 heteroatoms. The molecule has 134 valence electrons. The minimum Gasteiger partial charge on any atom is -0.0888 e. The van der Waals surface area contributed by atoms with Crippen LogP contribution in [-0.4, -0.2) is 0 Å². The molecule has 0 saturated carbocycles. The summed E-state index contributed by atoms with van der Waals surface area (Å²) < 4.78 is 1.10. The number of halogens is 1. The van der Waals surface area contributed by atoms with Gasteiger partial charge in [0.25, 0.3) is 0 Å². The lowest BCUT2D eigenvalue weighted by Gasteiger charge is -2.12. The molecule has 0 aliphatic carbocycles. The van der Waals surface area contributed by atoms with Crippen LogP contribution in [0.15, 0.2) is 105 Å². The van der Waals surface area contributed by atoms with Gasteiger partial charge in [-0.25, -0.2) is 0 Å². The second-order valence-corrected chi connectivity index (χ2v) is 8.78. The molecule has 1 aliphatic heterocycles. The zero-order valence-electron chi connectivity index (χ0n) is 15.1. The van der Waals surface area contributed by atoms with E-state index in [0.717, 1.165) is 4.47 Å². The van der Waals surface area contributed by atoms with E-state index in [1.807, 2.05) is 11.8 Å². The molecule has 1 heterocycles. The van der Waals surface area contributed by atoms with Crippen molar-refractivity contribution in [2.75, 3.05) is 0 Å². The molecule has 0 amide bonds. The predicted octanol–water partition coefficient (Wildman–Crippen LogP) is 8.42. The van der Waals surface area contributed by atoms with Crippen LogP contribution in [0.3, 0.4) is 0 Å². The normalized spacial score (nSPS) is 12.2. The van der Waals surface area contributed by atoms with Gasteiger partial charge in [0.15, 0.2) is 0 Å². The van der Waals surface area contributed by atoms with Gasteiger partial charge in [-0.15, -0.1) is 0 Å². The van der Waals surface area contributed by atoms with Gasteiger partial charge >= 0.3 is 0 Å². The fourth-order valence-electron chi connectivity index (χ4n) is 3.59. The summed E-state index contributed by atoms with van der Waals surface area (Å²) in [5, 5.41) is 0. The zero-order valence-corrected chi connectivity index (χ0v) is 17.5. The highest BCUT2D eigenvalue weighted by atomic mass is 79.9. The Balaban J connectivity index is 1.62. The van der Waals surface area contributed by atoms with E-state index in [-0.39, 0.29) is 0 Å². The lowest BCUT2D eigenvalue weighted by Crippen LogP contribution is -1.87. The van der Waals surface area contributed by atoms with E-state index in [9.17, 15) is 0 Å². The van der Waals surface area contributed by atoms with Crippen molar-refractivity contribution >= 4 is 39.8 Å². The molecule has 0 fully saturated rings. The first-order chi connectivity index (χ1) is 13.8. The van der Waals surface area contributed by atoms with Crippen molar-refractivity contribution in [1.29, 1.82) is 0 Å². The molecule has 0 unspecified atom stereocenters. The molecular formula is C26H17BrS. The third-order valence-electron chi connectivity index (χ3n) is 4.97. The summed E-state index contributed by atoms with van der Waals surface area (Å²) in [7, 11) is 0. The molecule has 0 nitrogen and oxygen atoms in total. The largest absolute Gasteiger partial charge is 0.0888 e. The third-order valence-corrected chi connectivity index (χ3v) is 6.63. The Labute approximate surface area is 178 Å². The van der Waals surface area contributed by atoms with Gasteiger partial charge in [0.2, 0.25) is 0 Å². The number of fused-ring (bicyclic) bond motifs is 2. The number of rotatable bonds is 2. The van der Waals surface area contributed by atoms with Gasteiger partial charge in [0.1, 0.15) is 0 Å². The number of hydrogen-bond donors (Lipinski definition) is 0. The molecular weight excluding hydrogens is 424 g/mol. The van der Waals surface area contributed by atoms with Crippen molar-refractivity contribution in [3.05, 3.63) is 107 Å². The van der Waals surface area contributed by atoms with Crippen molar-refractivity contribution in [2.24, 2.45) is 0 Å². The van der Waals surface area contributed by atoms with Crippen molar-refractivity contribution in [2.45, 2.75) is 9.79 Å². The van der Waals surface area contributed by atoms with Crippen LogP contribution < -0.4 is 0 Å². The van der Waals surface area contributed by atoms with Gasteiger partial charge in [-0.1, -0.05) is 101 Å². The Morgan fingerprint density at radius 2 is 1.29 bits per heavy atom. The monoisotopic (exact) mass is 440 g/mol. The lowest BCUT2D eigenvalue weighted by molar-refractivity contribution is 1.39. The zero-order chi connectivity index (χ0) is 18.9. The van der Waals surface area contributed by atoms with Crippen LogP contribution in [-0.2, 0) is 0 Å². The fraction of sp³-hybridized carbons (Fsp3) is 0. The minimum atomic E-state index is 1.10. The van der Waals surface area contributed by atoms with Crippen LogP contribution in [0, 0.1) is 0 Å². The second kappa shape index (κ2) is 7.46. The van der Waals surface area contributed by atoms with Crippen LogP contribution >= 0.6 is 27.7 Å². The van der Waals surface area contributed by atoms with Crippen molar-refractivity contribution in [3.63, 3.8) is 0 Å². The highest BCUT2D eigenvalue weighted by molar-refractivity contribution is 9.10. The summed E-state index contributed by atoms with van der Waals surface area (Å²) in [6.07, 6.45) is 4.49. The highest BCUT2D eigenvalue weighted by Gasteiger charge is 2.14. The molecule has 0 atom stereocenters. The molecule has 5 rings (SSSR count). The molecule has 1 aliphatic rings. The van der Waals surface area contributed by atoms with E-state index in [2.05, 4.69) is 119 Å². The summed E-state index contributed by atoms with van der Waals surface area (Å²) in [5.74, 6) is 0. The summed E-state index contributed by atoms with van der Waals surface area (Å²) >= 11 is 5.43. The van der Waals surface area contributed by atoms with Crippen LogP contribution in [0.25, 0.3) is 34.4 Å². The first-order valence-electron chi connectivity index (χ1n) is 9.22. The minimum absolute atomic E-state index is 1.10. The van der Waals surface area contributed by atoms with Gasteiger partial charge in [-0.2, -0.15) is 0 Å². The fourth-order valence-corrected chi connectivity index (χ4v) is 5.07. The average Bonchev–Trinajstić information content (AvgIpc) is 2.93. The number of hydrogen-bond acceptors (Lipinski definition) is 1. The van der Waals surface area contributed by atoms with E-state index in [1.165, 1.54) is 43.2 Å². The van der Waals surface area contributed by atoms with E-state index < -0.39 is 0 Å². The van der Waals surface area contributed by atoms with Gasteiger partial charge in [-0.05, 0) is 63.7 Å². The molecule has 0 spiro atoms. The topological polar surface area (TPSA) is 0 Å². The third kappa shape index (κ3) is 3.34. The Morgan fingerprint density at radius 1 is 0.571 bits per heavy atom. The van der Waals surface area contributed by atoms with E-state index in [1.54, 1.807) is 0 Å². The van der Waals surface area contributed by atoms with Gasteiger partial charge in [-0.3, -0.25) is 0 Å². The van der Waals surface area contributed by atoms with Crippen LogP contribution in [0.2, 0.25) is 0 Å². The highest BCUT2D eigenvalue weighted by Crippen LogP contribution is 2.41. The molecule has 4 aromatic carbocycles. The van der Waals surface area contributed by atoms with Crippen LogP contribution in [0.1, 0.15) is 11.1 Å². The quantitative estimate of drug-likeness (QED) is 0.265. The van der Waals surface area contributed by atoms with E-state index >= 15 is 0 Å². The first-order valence-corrected chi connectivity index (χ1v) is 10.8. The molecule has 0 saturated heterocycles. The number of benzene rings is 4. The summed E-state index contributed by atoms with van der Waals surface area (Å²) in [5.41, 5.74) is 7.52. The molecule has 0 N–H and O–H groups in total.